The summed E-state index contributed by atoms with van der Waals surface area (Å²) in [6.45, 7) is 1.59. The predicted octanol–water partition coefficient (Wildman–Crippen LogP) is 2.22. The van der Waals surface area contributed by atoms with E-state index in [1.165, 1.54) is 0 Å². The number of Topliss-reactive ketones (excluding diaryl/α,β-unsaturated/α-hetero) is 1. The van der Waals surface area contributed by atoms with Crippen LogP contribution in [0.15, 0.2) is 30.3 Å². The fraction of sp³-hybridized carbons (Fsp3) is 0.462. The van der Waals surface area contributed by atoms with E-state index in [1.807, 2.05) is 30.3 Å². The van der Waals surface area contributed by atoms with Crippen molar-refractivity contribution in [1.29, 1.82) is 0 Å². The summed E-state index contributed by atoms with van der Waals surface area (Å²) in [5.41, 5.74) is 1.11. The molecule has 2 heteroatoms. The highest BCUT2D eigenvalue weighted by Gasteiger charge is 2.18. The maximum absolute atomic E-state index is 11.7. The van der Waals surface area contributed by atoms with Crippen LogP contribution in [0.5, 0.6) is 0 Å². The zero-order valence-electron chi connectivity index (χ0n) is 8.82. The van der Waals surface area contributed by atoms with Gasteiger partial charge in [-0.1, -0.05) is 30.3 Å². The highest BCUT2D eigenvalue weighted by molar-refractivity contribution is 5.81. The molecule has 0 spiro atoms. The van der Waals surface area contributed by atoms with Crippen LogP contribution < -0.4 is 0 Å². The largest absolute Gasteiger partial charge is 0.381 e. The third kappa shape index (κ3) is 3.17. The van der Waals surface area contributed by atoms with Crippen LogP contribution in [-0.4, -0.2) is 19.0 Å². The minimum absolute atomic E-state index is 0.330. The molecule has 1 aliphatic rings. The lowest BCUT2D eigenvalue weighted by molar-refractivity contribution is -0.119. The van der Waals surface area contributed by atoms with Crippen molar-refractivity contribution in [2.75, 3.05) is 13.2 Å². The predicted molar refractivity (Wildman–Crippen MR) is 58.7 cm³/mol. The summed E-state index contributed by atoms with van der Waals surface area (Å²) < 4.78 is 5.26. The van der Waals surface area contributed by atoms with Crippen molar-refractivity contribution in [3.63, 3.8) is 0 Å². The van der Waals surface area contributed by atoms with Gasteiger partial charge in [0.05, 0.1) is 0 Å². The topological polar surface area (TPSA) is 26.3 Å². The molecular formula is C13H16O2. The van der Waals surface area contributed by atoms with Crippen molar-refractivity contribution in [3.05, 3.63) is 35.9 Å². The first-order valence-electron chi connectivity index (χ1n) is 5.48. The second-order valence-electron chi connectivity index (χ2n) is 4.13. The number of benzene rings is 1. The van der Waals surface area contributed by atoms with Crippen LogP contribution >= 0.6 is 0 Å². The van der Waals surface area contributed by atoms with Crippen molar-refractivity contribution in [3.8, 4) is 0 Å². The first-order valence-corrected chi connectivity index (χ1v) is 5.48. The number of hydrogen-bond acceptors (Lipinski definition) is 2. The molecule has 0 amide bonds. The second-order valence-corrected chi connectivity index (χ2v) is 4.13. The smallest absolute Gasteiger partial charge is 0.137 e. The van der Waals surface area contributed by atoms with Gasteiger partial charge in [0.15, 0.2) is 0 Å². The number of ketones is 1. The molecule has 1 heterocycles. The summed E-state index contributed by atoms with van der Waals surface area (Å²) in [6, 6.07) is 9.92. The monoisotopic (exact) mass is 204 g/mol. The van der Waals surface area contributed by atoms with Crippen LogP contribution in [0.25, 0.3) is 0 Å². The lowest BCUT2D eigenvalue weighted by atomic mass is 9.98. The molecule has 1 atom stereocenters. The molecule has 0 radical (unpaired) electrons. The molecule has 2 nitrogen and oxygen atoms in total. The Kier molecular flexibility index (Phi) is 3.51. The molecule has 0 N–H and O–H groups in total. The van der Waals surface area contributed by atoms with E-state index in [1.54, 1.807) is 0 Å². The van der Waals surface area contributed by atoms with Crippen LogP contribution in [0.2, 0.25) is 0 Å². The lowest BCUT2D eigenvalue weighted by Gasteiger charge is -2.05. The molecule has 1 saturated heterocycles. The van der Waals surface area contributed by atoms with Crippen molar-refractivity contribution in [2.45, 2.75) is 19.3 Å². The first kappa shape index (κ1) is 10.4. The molecule has 0 saturated carbocycles. The summed E-state index contributed by atoms with van der Waals surface area (Å²) in [7, 11) is 0. The number of hydrogen-bond donors (Lipinski definition) is 0. The average Bonchev–Trinajstić information content (AvgIpc) is 2.71. The van der Waals surface area contributed by atoms with Gasteiger partial charge in [0, 0.05) is 26.1 Å². The van der Waals surface area contributed by atoms with Crippen molar-refractivity contribution in [2.24, 2.45) is 5.92 Å². The zero-order chi connectivity index (χ0) is 10.5. The third-order valence-electron chi connectivity index (χ3n) is 2.78. The summed E-state index contributed by atoms with van der Waals surface area (Å²) in [5.74, 6) is 0.790. The molecule has 1 fully saturated rings. The van der Waals surface area contributed by atoms with E-state index in [9.17, 15) is 4.79 Å². The van der Waals surface area contributed by atoms with Gasteiger partial charge in [0.2, 0.25) is 0 Å². The van der Waals surface area contributed by atoms with Crippen molar-refractivity contribution < 1.29 is 9.53 Å². The summed E-state index contributed by atoms with van der Waals surface area (Å²) in [4.78, 5) is 11.7. The second kappa shape index (κ2) is 5.08. The summed E-state index contributed by atoms with van der Waals surface area (Å²) in [5, 5.41) is 0. The van der Waals surface area contributed by atoms with Gasteiger partial charge in [-0.15, -0.1) is 0 Å². The average molecular weight is 204 g/mol. The fourth-order valence-electron chi connectivity index (χ4n) is 1.96. The molecule has 1 aromatic carbocycles. The van der Waals surface area contributed by atoms with Crippen LogP contribution in [0, 0.1) is 5.92 Å². The molecule has 1 aromatic rings. The van der Waals surface area contributed by atoms with E-state index < -0.39 is 0 Å². The standard InChI is InChI=1S/C13H16O2/c14-13(9-12-6-7-15-10-12)8-11-4-2-1-3-5-11/h1-5,12H,6-10H2. The minimum Gasteiger partial charge on any atom is -0.381 e. The Morgan fingerprint density at radius 3 is 2.80 bits per heavy atom. The Morgan fingerprint density at radius 1 is 1.33 bits per heavy atom. The highest BCUT2D eigenvalue weighted by atomic mass is 16.5. The Balaban J connectivity index is 1.82. The number of rotatable bonds is 4. The van der Waals surface area contributed by atoms with E-state index >= 15 is 0 Å². The van der Waals surface area contributed by atoms with Gasteiger partial charge in [-0.2, -0.15) is 0 Å². The fourth-order valence-corrected chi connectivity index (χ4v) is 1.96. The normalized spacial score (nSPS) is 20.4. The molecule has 0 aromatic heterocycles. The van der Waals surface area contributed by atoms with E-state index in [0.717, 1.165) is 25.2 Å². The maximum atomic E-state index is 11.7. The Morgan fingerprint density at radius 2 is 2.13 bits per heavy atom. The van der Waals surface area contributed by atoms with E-state index in [4.69, 9.17) is 4.74 Å². The van der Waals surface area contributed by atoms with Crippen LogP contribution in [0.4, 0.5) is 0 Å². The lowest BCUT2D eigenvalue weighted by Crippen LogP contribution is -2.10. The van der Waals surface area contributed by atoms with E-state index in [2.05, 4.69) is 0 Å². The van der Waals surface area contributed by atoms with E-state index in [-0.39, 0.29) is 0 Å². The Hall–Kier alpha value is -1.15. The van der Waals surface area contributed by atoms with Gasteiger partial charge in [-0.3, -0.25) is 4.79 Å². The van der Waals surface area contributed by atoms with Crippen molar-refractivity contribution >= 4 is 5.78 Å². The van der Waals surface area contributed by atoms with Gasteiger partial charge in [0.25, 0.3) is 0 Å². The number of carbonyl (C=O) groups excluding carboxylic acids is 1. The van der Waals surface area contributed by atoms with Gasteiger partial charge >= 0.3 is 0 Å². The molecule has 1 unspecified atom stereocenters. The SMILES string of the molecule is O=C(Cc1ccccc1)CC1CCOC1. The summed E-state index contributed by atoms with van der Waals surface area (Å²) >= 11 is 0. The quantitative estimate of drug-likeness (QED) is 0.751. The Bertz CT molecular complexity index is 313. The van der Waals surface area contributed by atoms with Crippen molar-refractivity contribution in [1.82, 2.24) is 0 Å². The zero-order valence-corrected chi connectivity index (χ0v) is 8.82. The Labute approximate surface area is 90.3 Å². The van der Waals surface area contributed by atoms with Gasteiger partial charge in [-0.05, 0) is 17.9 Å². The van der Waals surface area contributed by atoms with Gasteiger partial charge < -0.3 is 4.74 Å². The molecule has 1 aliphatic heterocycles. The van der Waals surface area contributed by atoms with Crippen LogP contribution in [0.1, 0.15) is 18.4 Å². The van der Waals surface area contributed by atoms with Gasteiger partial charge in [0.1, 0.15) is 5.78 Å². The molecule has 0 bridgehead atoms. The molecule has 2 rings (SSSR count). The highest BCUT2D eigenvalue weighted by Crippen LogP contribution is 2.17. The number of carbonyl (C=O) groups is 1. The maximum Gasteiger partial charge on any atom is 0.137 e. The van der Waals surface area contributed by atoms with Crippen LogP contribution in [-0.2, 0) is 16.0 Å². The summed E-state index contributed by atoms with van der Waals surface area (Å²) in [6.07, 6.45) is 2.28. The van der Waals surface area contributed by atoms with Crippen LogP contribution in [0.3, 0.4) is 0 Å². The molecule has 80 valence electrons. The molecule has 0 aliphatic carbocycles. The third-order valence-corrected chi connectivity index (χ3v) is 2.78. The molecular weight excluding hydrogens is 188 g/mol. The first-order chi connectivity index (χ1) is 7.34. The minimum atomic E-state index is 0.330. The van der Waals surface area contributed by atoms with E-state index in [0.29, 0.717) is 24.5 Å². The number of ether oxygens (including phenoxy) is 1. The van der Waals surface area contributed by atoms with Gasteiger partial charge in [-0.25, -0.2) is 0 Å². The molecule has 15 heavy (non-hydrogen) atoms.